The average Bonchev–Trinajstić information content (AvgIpc) is 3.34. The van der Waals surface area contributed by atoms with Crippen LogP contribution in [0.4, 0.5) is 0 Å². The largest absolute Gasteiger partial charge is 0.496 e. The molecule has 0 aromatic heterocycles. The van der Waals surface area contributed by atoms with Crippen molar-refractivity contribution < 1.29 is 33.3 Å². The van der Waals surface area contributed by atoms with Gasteiger partial charge in [0, 0.05) is 30.8 Å². The monoisotopic (exact) mass is 458 g/mol. The number of carbonyl (C=O) groups is 2. The zero-order valence-electron chi connectivity index (χ0n) is 19.2. The summed E-state index contributed by atoms with van der Waals surface area (Å²) in [6.45, 7) is 1.11. The topological polar surface area (TPSA) is 110 Å². The van der Waals surface area contributed by atoms with Gasteiger partial charge in [-0.25, -0.2) is 0 Å². The summed E-state index contributed by atoms with van der Waals surface area (Å²) in [5.74, 6) is 0.550. The quantitative estimate of drug-likeness (QED) is 0.551. The van der Waals surface area contributed by atoms with Crippen LogP contribution in [0, 0.1) is 0 Å². The van der Waals surface area contributed by atoms with E-state index < -0.39 is 5.91 Å². The summed E-state index contributed by atoms with van der Waals surface area (Å²) in [7, 11) is 4.49. The Hall–Kier alpha value is -3.46. The maximum absolute atomic E-state index is 13.7. The van der Waals surface area contributed by atoms with E-state index in [0.29, 0.717) is 31.0 Å². The molecule has 0 saturated carbocycles. The number of nitrogens with zero attached hydrogens (tertiary/aromatic N) is 1. The first-order chi connectivity index (χ1) is 16.0. The molecule has 1 saturated heterocycles. The number of benzene rings is 2. The van der Waals surface area contributed by atoms with Gasteiger partial charge in [0.25, 0.3) is 11.8 Å². The second kappa shape index (κ2) is 11.4. The summed E-state index contributed by atoms with van der Waals surface area (Å²) < 4.78 is 27.5. The van der Waals surface area contributed by atoms with Crippen LogP contribution in [0.5, 0.6) is 23.0 Å². The van der Waals surface area contributed by atoms with Gasteiger partial charge >= 0.3 is 0 Å². The Morgan fingerprint density at radius 2 is 1.73 bits per heavy atom. The Kier molecular flexibility index (Phi) is 8.37. The highest BCUT2D eigenvalue weighted by molar-refractivity contribution is 5.95. The molecule has 3 rings (SSSR count). The molecule has 1 unspecified atom stereocenters. The van der Waals surface area contributed by atoms with Crippen LogP contribution in [-0.4, -0.2) is 63.9 Å². The standard InChI is InChI=1S/C24H30N2O7/c1-29-19-9-5-4-7-16(19)13-26(14-18-8-6-10-32-18)24(28)17-11-20(30-2)23(21(12-17)31-3)33-15-22(25)27/h4-5,7,9,11-12,18H,6,8,10,13-15H2,1-3H3,(H2,25,27). The van der Waals surface area contributed by atoms with E-state index in [9.17, 15) is 9.59 Å². The van der Waals surface area contributed by atoms with Crippen molar-refractivity contribution in [3.05, 3.63) is 47.5 Å². The molecule has 178 valence electrons. The normalized spacial score (nSPS) is 15.1. The van der Waals surface area contributed by atoms with Crippen LogP contribution >= 0.6 is 0 Å². The van der Waals surface area contributed by atoms with Crippen LogP contribution in [0.15, 0.2) is 36.4 Å². The number of ether oxygens (including phenoxy) is 5. The lowest BCUT2D eigenvalue weighted by Gasteiger charge is -2.27. The molecule has 2 aromatic carbocycles. The second-order valence-corrected chi connectivity index (χ2v) is 7.60. The smallest absolute Gasteiger partial charge is 0.255 e. The van der Waals surface area contributed by atoms with Gasteiger partial charge in [-0.15, -0.1) is 0 Å². The van der Waals surface area contributed by atoms with Crippen molar-refractivity contribution in [3.8, 4) is 23.0 Å². The molecule has 1 aliphatic rings. The van der Waals surface area contributed by atoms with E-state index in [0.717, 1.165) is 18.4 Å². The van der Waals surface area contributed by atoms with E-state index in [1.165, 1.54) is 14.2 Å². The van der Waals surface area contributed by atoms with Gasteiger partial charge in [-0.3, -0.25) is 9.59 Å². The molecule has 0 radical (unpaired) electrons. The lowest BCUT2D eigenvalue weighted by atomic mass is 10.1. The summed E-state index contributed by atoms with van der Waals surface area (Å²) >= 11 is 0. The minimum Gasteiger partial charge on any atom is -0.496 e. The molecular weight excluding hydrogens is 428 g/mol. The van der Waals surface area contributed by atoms with Crippen LogP contribution in [0.3, 0.4) is 0 Å². The molecule has 1 atom stereocenters. The van der Waals surface area contributed by atoms with Crippen molar-refractivity contribution in [3.63, 3.8) is 0 Å². The van der Waals surface area contributed by atoms with Crippen molar-refractivity contribution in [2.75, 3.05) is 41.1 Å². The van der Waals surface area contributed by atoms with Crippen LogP contribution in [0.1, 0.15) is 28.8 Å². The third-order valence-corrected chi connectivity index (χ3v) is 5.36. The Morgan fingerprint density at radius 3 is 2.30 bits per heavy atom. The lowest BCUT2D eigenvalue weighted by Crippen LogP contribution is -2.37. The second-order valence-electron chi connectivity index (χ2n) is 7.60. The van der Waals surface area contributed by atoms with Gasteiger partial charge in [0.15, 0.2) is 18.1 Å². The third-order valence-electron chi connectivity index (χ3n) is 5.36. The number of hydrogen-bond acceptors (Lipinski definition) is 7. The number of amides is 2. The van der Waals surface area contributed by atoms with E-state index in [1.807, 2.05) is 24.3 Å². The van der Waals surface area contributed by atoms with Crippen molar-refractivity contribution >= 4 is 11.8 Å². The average molecular weight is 459 g/mol. The van der Waals surface area contributed by atoms with Gasteiger partial charge in [-0.1, -0.05) is 18.2 Å². The van der Waals surface area contributed by atoms with Crippen molar-refractivity contribution in [1.82, 2.24) is 4.90 Å². The highest BCUT2D eigenvalue weighted by atomic mass is 16.5. The highest BCUT2D eigenvalue weighted by Crippen LogP contribution is 2.39. The molecule has 1 heterocycles. The van der Waals surface area contributed by atoms with E-state index >= 15 is 0 Å². The third kappa shape index (κ3) is 6.07. The molecule has 33 heavy (non-hydrogen) atoms. The van der Waals surface area contributed by atoms with Gasteiger partial charge < -0.3 is 34.3 Å². The van der Waals surface area contributed by atoms with Crippen molar-refractivity contribution in [2.24, 2.45) is 5.73 Å². The van der Waals surface area contributed by atoms with Crippen molar-refractivity contribution in [1.29, 1.82) is 0 Å². The van der Waals surface area contributed by atoms with Crippen LogP contribution < -0.4 is 24.7 Å². The van der Waals surface area contributed by atoms with Crippen LogP contribution in [-0.2, 0) is 16.1 Å². The summed E-state index contributed by atoms with van der Waals surface area (Å²) in [5.41, 5.74) is 6.42. The molecule has 1 fully saturated rings. The first-order valence-electron chi connectivity index (χ1n) is 10.7. The zero-order chi connectivity index (χ0) is 23.8. The first-order valence-corrected chi connectivity index (χ1v) is 10.7. The van der Waals surface area contributed by atoms with Gasteiger partial charge in [0.2, 0.25) is 5.75 Å². The molecule has 9 nitrogen and oxygen atoms in total. The zero-order valence-corrected chi connectivity index (χ0v) is 19.2. The lowest BCUT2D eigenvalue weighted by molar-refractivity contribution is -0.120. The van der Waals surface area contributed by atoms with E-state index in [4.69, 9.17) is 29.4 Å². The van der Waals surface area contributed by atoms with Crippen LogP contribution in [0.2, 0.25) is 0 Å². The summed E-state index contributed by atoms with van der Waals surface area (Å²) in [6, 6.07) is 10.7. The van der Waals surface area contributed by atoms with E-state index in [2.05, 4.69) is 0 Å². The highest BCUT2D eigenvalue weighted by Gasteiger charge is 2.26. The Labute approximate surface area is 193 Å². The fourth-order valence-electron chi connectivity index (χ4n) is 3.76. The molecular formula is C24H30N2O7. The predicted molar refractivity (Wildman–Crippen MR) is 121 cm³/mol. The Balaban J connectivity index is 1.94. The van der Waals surface area contributed by atoms with E-state index in [-0.39, 0.29) is 35.9 Å². The first kappa shape index (κ1) is 24.2. The fourth-order valence-corrected chi connectivity index (χ4v) is 3.76. The number of carbonyl (C=O) groups excluding carboxylic acids is 2. The maximum Gasteiger partial charge on any atom is 0.255 e. The van der Waals surface area contributed by atoms with Gasteiger partial charge in [0.05, 0.1) is 27.4 Å². The molecule has 0 bridgehead atoms. The number of primary amides is 1. The summed E-state index contributed by atoms with van der Waals surface area (Å²) in [5, 5.41) is 0. The minimum absolute atomic E-state index is 0.0365. The number of hydrogen-bond donors (Lipinski definition) is 1. The Bertz CT molecular complexity index is 948. The molecule has 1 aliphatic heterocycles. The number of methoxy groups -OCH3 is 3. The summed E-state index contributed by atoms with van der Waals surface area (Å²) in [4.78, 5) is 26.5. The Morgan fingerprint density at radius 1 is 1.06 bits per heavy atom. The molecule has 2 amide bonds. The van der Waals surface area contributed by atoms with E-state index in [1.54, 1.807) is 24.1 Å². The maximum atomic E-state index is 13.7. The predicted octanol–water partition coefficient (Wildman–Crippen LogP) is 2.40. The fraction of sp³-hybridized carbons (Fsp3) is 0.417. The molecule has 2 N–H and O–H groups in total. The number of para-hydroxylation sites is 1. The van der Waals surface area contributed by atoms with Gasteiger partial charge in [-0.05, 0) is 31.0 Å². The minimum atomic E-state index is -0.640. The van der Waals surface area contributed by atoms with Gasteiger partial charge in [-0.2, -0.15) is 0 Å². The van der Waals surface area contributed by atoms with Crippen LogP contribution in [0.25, 0.3) is 0 Å². The number of rotatable bonds is 11. The molecule has 9 heteroatoms. The van der Waals surface area contributed by atoms with Crippen molar-refractivity contribution in [2.45, 2.75) is 25.5 Å². The molecule has 0 spiro atoms. The summed E-state index contributed by atoms with van der Waals surface area (Å²) in [6.07, 6.45) is 1.82. The SMILES string of the molecule is COc1ccccc1CN(CC1CCCO1)C(=O)c1cc(OC)c(OCC(N)=O)c(OC)c1. The molecule has 2 aromatic rings. The number of nitrogens with two attached hydrogens (primary N) is 1. The molecule has 0 aliphatic carbocycles. The van der Waals surface area contributed by atoms with Gasteiger partial charge in [0.1, 0.15) is 5.75 Å².